The van der Waals surface area contributed by atoms with Crippen LogP contribution in [0.1, 0.15) is 30.6 Å². The average molecular weight is 457 g/mol. The van der Waals surface area contributed by atoms with E-state index in [0.29, 0.717) is 0 Å². The molecule has 0 radical (unpaired) electrons. The molecule has 2 aromatic rings. The minimum atomic E-state index is -3.86. The lowest BCUT2D eigenvalue weighted by atomic mass is 10.1. The first-order valence-electron chi connectivity index (χ1n) is 9.11. The highest BCUT2D eigenvalue weighted by Gasteiger charge is 2.31. The molecule has 30 heavy (non-hydrogen) atoms. The molecule has 2 aromatic carbocycles. The lowest BCUT2D eigenvalue weighted by Gasteiger charge is -2.30. The van der Waals surface area contributed by atoms with Gasteiger partial charge in [-0.1, -0.05) is 18.5 Å². The standard InChI is InChI=1S/C20H22ClFN2O5S/c1-4-18(24(30(3,27)28)15-9-6-13(22)7-10-15)19(25)23-14-8-11-17(21)16(12-14)20(26)29-5-2/h6-12,18H,4-5H2,1-3H3,(H,23,25)/t18-/m1/s1. The number of carbonyl (C=O) groups excluding carboxylic acids is 2. The second kappa shape index (κ2) is 9.90. The summed E-state index contributed by atoms with van der Waals surface area (Å²) in [5.74, 6) is -1.79. The number of sulfonamides is 1. The Morgan fingerprint density at radius 2 is 1.80 bits per heavy atom. The first kappa shape index (κ1) is 23.6. The van der Waals surface area contributed by atoms with Gasteiger partial charge in [0.2, 0.25) is 15.9 Å². The van der Waals surface area contributed by atoms with E-state index in [4.69, 9.17) is 16.3 Å². The van der Waals surface area contributed by atoms with Crippen molar-refractivity contribution in [2.45, 2.75) is 26.3 Å². The van der Waals surface area contributed by atoms with Gasteiger partial charge < -0.3 is 10.1 Å². The van der Waals surface area contributed by atoms with Crippen molar-refractivity contribution in [1.29, 1.82) is 0 Å². The van der Waals surface area contributed by atoms with Crippen LogP contribution in [0, 0.1) is 5.82 Å². The number of anilines is 2. The first-order chi connectivity index (χ1) is 14.1. The van der Waals surface area contributed by atoms with Crippen molar-refractivity contribution >= 4 is 44.9 Å². The monoisotopic (exact) mass is 456 g/mol. The first-order valence-corrected chi connectivity index (χ1v) is 11.3. The third-order valence-electron chi connectivity index (χ3n) is 4.14. The van der Waals surface area contributed by atoms with Crippen molar-refractivity contribution in [3.63, 3.8) is 0 Å². The van der Waals surface area contributed by atoms with Crippen molar-refractivity contribution in [2.75, 3.05) is 22.5 Å². The van der Waals surface area contributed by atoms with E-state index in [1.165, 1.54) is 30.3 Å². The Morgan fingerprint density at radius 3 is 2.33 bits per heavy atom. The van der Waals surface area contributed by atoms with Gasteiger partial charge in [-0.25, -0.2) is 17.6 Å². The highest BCUT2D eigenvalue weighted by molar-refractivity contribution is 7.92. The Kier molecular flexibility index (Phi) is 7.80. The summed E-state index contributed by atoms with van der Waals surface area (Å²) in [7, 11) is -3.86. The van der Waals surface area contributed by atoms with Crippen LogP contribution in [-0.2, 0) is 19.6 Å². The SMILES string of the molecule is CCOC(=O)c1cc(NC(=O)[C@@H](CC)N(c2ccc(F)cc2)S(C)(=O)=O)ccc1Cl. The zero-order valence-corrected chi connectivity index (χ0v) is 18.3. The van der Waals surface area contributed by atoms with Crippen LogP contribution in [-0.4, -0.2) is 39.2 Å². The fraction of sp³-hybridized carbons (Fsp3) is 0.300. The number of hydrogen-bond donors (Lipinski definition) is 1. The quantitative estimate of drug-likeness (QED) is 0.609. The molecule has 0 saturated carbocycles. The molecular formula is C20H22ClFN2O5S. The molecule has 0 spiro atoms. The highest BCUT2D eigenvalue weighted by Crippen LogP contribution is 2.25. The van der Waals surface area contributed by atoms with Crippen molar-refractivity contribution in [3.8, 4) is 0 Å². The van der Waals surface area contributed by atoms with Gasteiger partial charge in [-0.15, -0.1) is 0 Å². The molecule has 0 aromatic heterocycles. The Bertz CT molecular complexity index is 1030. The maximum Gasteiger partial charge on any atom is 0.339 e. The van der Waals surface area contributed by atoms with Gasteiger partial charge in [0.25, 0.3) is 0 Å². The second-order valence-electron chi connectivity index (χ2n) is 6.36. The highest BCUT2D eigenvalue weighted by atomic mass is 35.5. The zero-order chi connectivity index (χ0) is 22.5. The van der Waals surface area contributed by atoms with Crippen LogP contribution in [0.4, 0.5) is 15.8 Å². The number of ether oxygens (including phenoxy) is 1. The summed E-state index contributed by atoms with van der Waals surface area (Å²) in [6, 6.07) is 7.96. The van der Waals surface area contributed by atoms with E-state index in [2.05, 4.69) is 5.32 Å². The molecule has 0 heterocycles. The second-order valence-corrected chi connectivity index (χ2v) is 8.63. The molecule has 0 aliphatic heterocycles. The summed E-state index contributed by atoms with van der Waals surface area (Å²) in [4.78, 5) is 24.9. The molecule has 10 heteroatoms. The molecule has 1 atom stereocenters. The van der Waals surface area contributed by atoms with Crippen molar-refractivity contribution in [2.24, 2.45) is 0 Å². The van der Waals surface area contributed by atoms with Gasteiger partial charge >= 0.3 is 5.97 Å². The average Bonchev–Trinajstić information content (AvgIpc) is 2.67. The molecule has 2 rings (SSSR count). The Morgan fingerprint density at radius 1 is 1.17 bits per heavy atom. The Labute approximate surface area is 179 Å². The molecule has 0 aliphatic rings. The van der Waals surface area contributed by atoms with Crippen molar-refractivity contribution in [1.82, 2.24) is 0 Å². The summed E-state index contributed by atoms with van der Waals surface area (Å²) in [6.07, 6.45) is 1.11. The smallest absolute Gasteiger partial charge is 0.339 e. The molecule has 0 saturated heterocycles. The van der Waals surface area contributed by atoms with Gasteiger partial charge in [-0.05, 0) is 55.8 Å². The van der Waals surface area contributed by atoms with Gasteiger partial charge in [-0.2, -0.15) is 0 Å². The van der Waals surface area contributed by atoms with Gasteiger partial charge in [-0.3, -0.25) is 9.10 Å². The maximum absolute atomic E-state index is 13.3. The number of hydrogen-bond acceptors (Lipinski definition) is 5. The van der Waals surface area contributed by atoms with Crippen LogP contribution in [0.3, 0.4) is 0 Å². The summed E-state index contributed by atoms with van der Waals surface area (Å²) >= 11 is 6.02. The Balaban J connectivity index is 2.36. The predicted octanol–water partition coefficient (Wildman–Crippen LogP) is 3.84. The molecule has 1 amide bonds. The number of rotatable bonds is 8. The van der Waals surface area contributed by atoms with Gasteiger partial charge in [0.15, 0.2) is 0 Å². The summed E-state index contributed by atoms with van der Waals surface area (Å²) < 4.78 is 44.0. The van der Waals surface area contributed by atoms with E-state index in [0.717, 1.165) is 22.7 Å². The third-order valence-corrected chi connectivity index (χ3v) is 5.65. The Hall–Kier alpha value is -2.65. The minimum Gasteiger partial charge on any atom is -0.462 e. The summed E-state index contributed by atoms with van der Waals surface area (Å²) in [5, 5.41) is 2.76. The third kappa shape index (κ3) is 5.70. The van der Waals surface area contributed by atoms with Gasteiger partial charge in [0.05, 0.1) is 29.1 Å². The van der Waals surface area contributed by atoms with E-state index < -0.39 is 33.8 Å². The van der Waals surface area contributed by atoms with Crippen LogP contribution in [0.15, 0.2) is 42.5 Å². The van der Waals surface area contributed by atoms with E-state index >= 15 is 0 Å². The largest absolute Gasteiger partial charge is 0.462 e. The number of carbonyl (C=O) groups is 2. The van der Waals surface area contributed by atoms with E-state index in [9.17, 15) is 22.4 Å². The number of esters is 1. The van der Waals surface area contributed by atoms with Crippen molar-refractivity contribution in [3.05, 3.63) is 58.9 Å². The molecule has 7 nitrogen and oxygen atoms in total. The number of nitrogens with zero attached hydrogens (tertiary/aromatic N) is 1. The molecule has 0 fully saturated rings. The van der Waals surface area contributed by atoms with Crippen LogP contribution in [0.2, 0.25) is 5.02 Å². The topological polar surface area (TPSA) is 92.8 Å². The summed E-state index contributed by atoms with van der Waals surface area (Å²) in [5.41, 5.74) is 0.477. The number of amides is 1. The lowest BCUT2D eigenvalue weighted by molar-refractivity contribution is -0.117. The lowest BCUT2D eigenvalue weighted by Crippen LogP contribution is -2.47. The predicted molar refractivity (Wildman–Crippen MR) is 114 cm³/mol. The normalized spacial score (nSPS) is 12.2. The van der Waals surface area contributed by atoms with Gasteiger partial charge in [0, 0.05) is 5.69 Å². The van der Waals surface area contributed by atoms with Crippen LogP contribution in [0.25, 0.3) is 0 Å². The fourth-order valence-corrected chi connectivity index (χ4v) is 4.25. The zero-order valence-electron chi connectivity index (χ0n) is 16.7. The molecule has 162 valence electrons. The molecular weight excluding hydrogens is 435 g/mol. The molecule has 0 bridgehead atoms. The van der Waals surface area contributed by atoms with Crippen LogP contribution in [0.5, 0.6) is 0 Å². The fourth-order valence-electron chi connectivity index (χ4n) is 2.84. The molecule has 0 unspecified atom stereocenters. The van der Waals surface area contributed by atoms with Crippen LogP contribution < -0.4 is 9.62 Å². The minimum absolute atomic E-state index is 0.0721. The number of halogens is 2. The number of benzene rings is 2. The van der Waals surface area contributed by atoms with Crippen LogP contribution >= 0.6 is 11.6 Å². The summed E-state index contributed by atoms with van der Waals surface area (Å²) in [6.45, 7) is 3.46. The van der Waals surface area contributed by atoms with E-state index in [-0.39, 0.29) is 35.0 Å². The molecule has 0 aliphatic carbocycles. The van der Waals surface area contributed by atoms with Crippen molar-refractivity contribution < 1.29 is 27.1 Å². The van der Waals surface area contributed by atoms with Gasteiger partial charge in [0.1, 0.15) is 11.9 Å². The maximum atomic E-state index is 13.3. The number of nitrogens with one attached hydrogen (secondary N) is 1. The van der Waals surface area contributed by atoms with E-state index in [1.54, 1.807) is 13.8 Å². The van der Waals surface area contributed by atoms with E-state index in [1.807, 2.05) is 0 Å². The molecule has 1 N–H and O–H groups in total.